The van der Waals surface area contributed by atoms with Crippen molar-refractivity contribution in [2.45, 2.75) is 6.42 Å². The lowest BCUT2D eigenvalue weighted by Gasteiger charge is -2.21. The number of fused-ring (bicyclic) bond motifs is 1. The summed E-state index contributed by atoms with van der Waals surface area (Å²) in [6.45, 7) is 4.05. The third-order valence-electron chi connectivity index (χ3n) is 3.30. The molecule has 3 rings (SSSR count). The van der Waals surface area contributed by atoms with Crippen molar-refractivity contribution < 1.29 is 4.39 Å². The molecular formula is C14H16FN3. The monoisotopic (exact) mass is 245 g/mol. The van der Waals surface area contributed by atoms with E-state index < -0.39 is 0 Å². The first-order valence-electron chi connectivity index (χ1n) is 6.35. The van der Waals surface area contributed by atoms with Gasteiger partial charge in [-0.3, -0.25) is 0 Å². The zero-order valence-corrected chi connectivity index (χ0v) is 10.2. The van der Waals surface area contributed by atoms with Crippen molar-refractivity contribution in [1.82, 2.24) is 10.3 Å². The first kappa shape index (κ1) is 11.4. The molecule has 2 aromatic rings. The van der Waals surface area contributed by atoms with Gasteiger partial charge < -0.3 is 10.2 Å². The summed E-state index contributed by atoms with van der Waals surface area (Å²) < 4.78 is 13.1. The third-order valence-corrected chi connectivity index (χ3v) is 3.30. The van der Waals surface area contributed by atoms with Crippen LogP contribution in [-0.2, 0) is 0 Å². The van der Waals surface area contributed by atoms with Crippen molar-refractivity contribution in [2.24, 2.45) is 0 Å². The van der Waals surface area contributed by atoms with E-state index in [-0.39, 0.29) is 5.82 Å². The molecule has 3 nitrogen and oxygen atoms in total. The van der Waals surface area contributed by atoms with Gasteiger partial charge in [-0.1, -0.05) is 0 Å². The van der Waals surface area contributed by atoms with Crippen LogP contribution in [0.2, 0.25) is 0 Å². The minimum atomic E-state index is -0.212. The molecule has 1 aliphatic rings. The Balaban J connectivity index is 1.94. The summed E-state index contributed by atoms with van der Waals surface area (Å²) in [5.41, 5.74) is 0.853. The van der Waals surface area contributed by atoms with Crippen LogP contribution < -0.4 is 10.2 Å². The first-order valence-corrected chi connectivity index (χ1v) is 6.35. The van der Waals surface area contributed by atoms with Gasteiger partial charge in [0.15, 0.2) is 0 Å². The molecule has 0 saturated carbocycles. The highest BCUT2D eigenvalue weighted by molar-refractivity contribution is 5.80. The number of hydrogen-bond acceptors (Lipinski definition) is 3. The average Bonchev–Trinajstić information content (AvgIpc) is 2.67. The highest BCUT2D eigenvalue weighted by Gasteiger charge is 2.11. The maximum Gasteiger partial charge on any atom is 0.129 e. The number of halogens is 1. The van der Waals surface area contributed by atoms with E-state index in [0.717, 1.165) is 49.3 Å². The largest absolute Gasteiger partial charge is 0.355 e. The van der Waals surface area contributed by atoms with Gasteiger partial charge in [0.2, 0.25) is 0 Å². The quantitative estimate of drug-likeness (QED) is 0.834. The van der Waals surface area contributed by atoms with Crippen molar-refractivity contribution >= 4 is 16.7 Å². The Kier molecular flexibility index (Phi) is 3.11. The zero-order valence-electron chi connectivity index (χ0n) is 10.2. The van der Waals surface area contributed by atoms with Gasteiger partial charge in [-0.25, -0.2) is 9.37 Å². The van der Waals surface area contributed by atoms with Crippen LogP contribution in [0.4, 0.5) is 10.2 Å². The predicted molar refractivity (Wildman–Crippen MR) is 71.4 cm³/mol. The Morgan fingerprint density at radius 2 is 2.06 bits per heavy atom. The number of nitrogens with zero attached hydrogens (tertiary/aromatic N) is 2. The summed E-state index contributed by atoms with van der Waals surface area (Å²) in [6, 6.07) is 8.65. The van der Waals surface area contributed by atoms with Crippen LogP contribution in [0.1, 0.15) is 6.42 Å². The number of pyridine rings is 1. The van der Waals surface area contributed by atoms with E-state index in [9.17, 15) is 4.39 Å². The van der Waals surface area contributed by atoms with Crippen LogP contribution in [0.3, 0.4) is 0 Å². The van der Waals surface area contributed by atoms with Crippen molar-refractivity contribution in [3.8, 4) is 0 Å². The number of hydrogen-bond donors (Lipinski definition) is 1. The fourth-order valence-corrected chi connectivity index (χ4v) is 2.34. The highest BCUT2D eigenvalue weighted by Crippen LogP contribution is 2.19. The lowest BCUT2D eigenvalue weighted by molar-refractivity contribution is 0.629. The van der Waals surface area contributed by atoms with Crippen molar-refractivity contribution in [2.75, 3.05) is 31.1 Å². The molecule has 0 aliphatic carbocycles. The lowest BCUT2D eigenvalue weighted by atomic mass is 10.2. The lowest BCUT2D eigenvalue weighted by Crippen LogP contribution is -2.28. The molecule has 1 aromatic carbocycles. The van der Waals surface area contributed by atoms with Gasteiger partial charge in [-0.2, -0.15) is 0 Å². The summed E-state index contributed by atoms with van der Waals surface area (Å²) in [5, 5.41) is 4.23. The van der Waals surface area contributed by atoms with Gasteiger partial charge in [0, 0.05) is 25.0 Å². The summed E-state index contributed by atoms with van der Waals surface area (Å²) in [5.74, 6) is 0.772. The summed E-state index contributed by atoms with van der Waals surface area (Å²) in [6.07, 6.45) is 1.13. The normalized spacial score (nSPS) is 16.8. The Morgan fingerprint density at radius 3 is 3.00 bits per heavy atom. The van der Waals surface area contributed by atoms with Crippen LogP contribution in [0.25, 0.3) is 10.9 Å². The molecule has 1 saturated heterocycles. The van der Waals surface area contributed by atoms with Crippen molar-refractivity contribution in [3.05, 3.63) is 36.1 Å². The molecule has 94 valence electrons. The molecule has 2 heterocycles. The summed E-state index contributed by atoms with van der Waals surface area (Å²) in [7, 11) is 0. The zero-order chi connectivity index (χ0) is 12.4. The molecule has 1 N–H and O–H groups in total. The molecule has 0 spiro atoms. The van der Waals surface area contributed by atoms with Gasteiger partial charge in [-0.05, 0) is 43.3 Å². The molecule has 1 aromatic heterocycles. The van der Waals surface area contributed by atoms with Gasteiger partial charge in [0.1, 0.15) is 11.6 Å². The number of benzene rings is 1. The Morgan fingerprint density at radius 1 is 1.11 bits per heavy atom. The van der Waals surface area contributed by atoms with Crippen LogP contribution >= 0.6 is 0 Å². The standard InChI is InChI=1S/C14H16FN3/c15-12-3-4-13-11(10-12)2-5-14(17-13)18-8-1-6-16-7-9-18/h2-5,10,16H,1,6-9H2. The molecule has 0 amide bonds. The topological polar surface area (TPSA) is 28.2 Å². The van der Waals surface area contributed by atoms with Crippen molar-refractivity contribution in [1.29, 1.82) is 0 Å². The maximum atomic E-state index is 13.1. The Bertz CT molecular complexity index is 548. The average molecular weight is 245 g/mol. The Labute approximate surface area is 106 Å². The van der Waals surface area contributed by atoms with E-state index in [0.29, 0.717) is 0 Å². The van der Waals surface area contributed by atoms with E-state index in [1.807, 2.05) is 12.1 Å². The predicted octanol–water partition coefficient (Wildman–Crippen LogP) is 2.17. The highest BCUT2D eigenvalue weighted by atomic mass is 19.1. The van der Waals surface area contributed by atoms with Gasteiger partial charge in [0.05, 0.1) is 5.52 Å². The van der Waals surface area contributed by atoms with E-state index in [1.54, 1.807) is 6.07 Å². The minimum absolute atomic E-state index is 0.212. The molecule has 4 heteroatoms. The molecular weight excluding hydrogens is 229 g/mol. The smallest absolute Gasteiger partial charge is 0.129 e. The minimum Gasteiger partial charge on any atom is -0.355 e. The fraction of sp³-hybridized carbons (Fsp3) is 0.357. The maximum absolute atomic E-state index is 13.1. The summed E-state index contributed by atoms with van der Waals surface area (Å²) >= 11 is 0. The summed E-state index contributed by atoms with van der Waals surface area (Å²) in [4.78, 5) is 6.89. The molecule has 0 unspecified atom stereocenters. The van der Waals surface area contributed by atoms with Gasteiger partial charge in [0.25, 0.3) is 0 Å². The van der Waals surface area contributed by atoms with E-state index in [2.05, 4.69) is 15.2 Å². The first-order chi connectivity index (χ1) is 8.83. The molecule has 1 aliphatic heterocycles. The molecule has 1 fully saturated rings. The van der Waals surface area contributed by atoms with E-state index in [1.165, 1.54) is 12.1 Å². The third kappa shape index (κ3) is 2.29. The van der Waals surface area contributed by atoms with Gasteiger partial charge >= 0.3 is 0 Å². The van der Waals surface area contributed by atoms with Crippen molar-refractivity contribution in [3.63, 3.8) is 0 Å². The van der Waals surface area contributed by atoms with E-state index in [4.69, 9.17) is 0 Å². The molecule has 0 atom stereocenters. The molecule has 18 heavy (non-hydrogen) atoms. The van der Waals surface area contributed by atoms with Gasteiger partial charge in [-0.15, -0.1) is 0 Å². The van der Waals surface area contributed by atoms with E-state index >= 15 is 0 Å². The number of nitrogens with one attached hydrogen (secondary N) is 1. The second-order valence-corrected chi connectivity index (χ2v) is 4.60. The SMILES string of the molecule is Fc1ccc2nc(N3CCCNCC3)ccc2c1. The van der Waals surface area contributed by atoms with Crippen LogP contribution in [0.15, 0.2) is 30.3 Å². The molecule has 0 radical (unpaired) electrons. The van der Waals surface area contributed by atoms with Crippen LogP contribution in [0.5, 0.6) is 0 Å². The van der Waals surface area contributed by atoms with Crippen LogP contribution in [-0.4, -0.2) is 31.2 Å². The number of rotatable bonds is 1. The molecule has 0 bridgehead atoms. The fourth-order valence-electron chi connectivity index (χ4n) is 2.34. The second-order valence-electron chi connectivity index (χ2n) is 4.60. The Hall–Kier alpha value is -1.68. The number of aromatic nitrogens is 1. The second kappa shape index (κ2) is 4.90. The van der Waals surface area contributed by atoms with Crippen LogP contribution in [0, 0.1) is 5.82 Å². The number of anilines is 1.